The second kappa shape index (κ2) is 6.69. The van der Waals surface area contributed by atoms with Crippen molar-refractivity contribution in [3.8, 4) is 0 Å². The molecule has 0 amide bonds. The molecule has 1 N–H and O–H groups in total. The molecule has 1 saturated heterocycles. The van der Waals surface area contributed by atoms with E-state index in [0.717, 1.165) is 26.2 Å². The fourth-order valence-electron chi connectivity index (χ4n) is 1.64. The zero-order chi connectivity index (χ0) is 11.3. The topological polar surface area (TPSA) is 24.5 Å². The van der Waals surface area contributed by atoms with Gasteiger partial charge in [-0.25, -0.2) is 0 Å². The van der Waals surface area contributed by atoms with Crippen LogP contribution in [0.1, 0.15) is 13.8 Å². The highest BCUT2D eigenvalue weighted by molar-refractivity contribution is 6.18. The van der Waals surface area contributed by atoms with Gasteiger partial charge in [0.15, 0.2) is 0 Å². The fraction of sp³-hybridized carbons (Fsp3) is 1.00. The van der Waals surface area contributed by atoms with Gasteiger partial charge in [0, 0.05) is 31.6 Å². The number of nitrogens with zero attached hydrogens (tertiary/aromatic N) is 1. The molecule has 1 rings (SSSR count). The van der Waals surface area contributed by atoms with E-state index in [-0.39, 0.29) is 0 Å². The van der Waals surface area contributed by atoms with Crippen molar-refractivity contribution in [2.24, 2.45) is 5.92 Å². The maximum atomic E-state index is 5.81. The van der Waals surface area contributed by atoms with Gasteiger partial charge in [0.2, 0.25) is 0 Å². The molecule has 0 aliphatic carbocycles. The van der Waals surface area contributed by atoms with Crippen LogP contribution in [0.2, 0.25) is 0 Å². The summed E-state index contributed by atoms with van der Waals surface area (Å²) in [5.74, 6) is 1.22. The van der Waals surface area contributed by atoms with Gasteiger partial charge in [-0.1, -0.05) is 6.92 Å². The summed E-state index contributed by atoms with van der Waals surface area (Å²) in [4.78, 5) is 2.31. The van der Waals surface area contributed by atoms with Gasteiger partial charge >= 0.3 is 0 Å². The van der Waals surface area contributed by atoms with Crippen molar-refractivity contribution in [3.05, 3.63) is 0 Å². The second-order valence-electron chi connectivity index (χ2n) is 4.58. The highest BCUT2D eigenvalue weighted by atomic mass is 35.5. The molecular formula is C11H23ClN2O. The largest absolute Gasteiger partial charge is 0.374 e. The van der Waals surface area contributed by atoms with Crippen molar-refractivity contribution in [3.63, 3.8) is 0 Å². The Kier molecular flexibility index (Phi) is 5.90. The quantitative estimate of drug-likeness (QED) is 0.723. The van der Waals surface area contributed by atoms with Gasteiger partial charge < -0.3 is 15.0 Å². The first-order chi connectivity index (χ1) is 7.13. The van der Waals surface area contributed by atoms with Crippen LogP contribution >= 0.6 is 11.6 Å². The summed E-state index contributed by atoms with van der Waals surface area (Å²) < 4.78 is 5.67. The monoisotopic (exact) mass is 234 g/mol. The number of nitrogens with one attached hydrogen (secondary N) is 1. The zero-order valence-corrected chi connectivity index (χ0v) is 10.8. The molecule has 15 heavy (non-hydrogen) atoms. The third kappa shape index (κ3) is 4.68. The minimum Gasteiger partial charge on any atom is -0.374 e. The zero-order valence-electron chi connectivity index (χ0n) is 10.0. The molecule has 0 radical (unpaired) electrons. The summed E-state index contributed by atoms with van der Waals surface area (Å²) >= 11 is 5.81. The standard InChI is InChI=1S/C11H23ClN2O/c1-9(6-12)10(2)13-7-11-8-14(3)4-5-15-11/h9-11,13H,4-8H2,1-3H3. The van der Waals surface area contributed by atoms with Gasteiger partial charge in [0.25, 0.3) is 0 Å². The van der Waals surface area contributed by atoms with Crippen LogP contribution in [-0.2, 0) is 4.74 Å². The normalized spacial score (nSPS) is 27.6. The molecule has 3 unspecified atom stereocenters. The molecule has 3 nitrogen and oxygen atoms in total. The molecule has 0 aromatic heterocycles. The van der Waals surface area contributed by atoms with Gasteiger partial charge in [-0.15, -0.1) is 11.6 Å². The molecule has 0 aromatic rings. The van der Waals surface area contributed by atoms with Crippen molar-refractivity contribution in [2.45, 2.75) is 26.0 Å². The lowest BCUT2D eigenvalue weighted by Crippen LogP contribution is -2.47. The van der Waals surface area contributed by atoms with Gasteiger partial charge in [-0.05, 0) is 19.9 Å². The Labute approximate surface area is 98.1 Å². The average molecular weight is 235 g/mol. The number of halogens is 1. The lowest BCUT2D eigenvalue weighted by atomic mass is 10.1. The fourth-order valence-corrected chi connectivity index (χ4v) is 1.91. The highest BCUT2D eigenvalue weighted by Crippen LogP contribution is 2.06. The molecule has 1 aliphatic rings. The van der Waals surface area contributed by atoms with E-state index in [4.69, 9.17) is 16.3 Å². The first kappa shape index (κ1) is 13.2. The molecule has 0 aromatic carbocycles. The number of hydrogen-bond acceptors (Lipinski definition) is 3. The maximum Gasteiger partial charge on any atom is 0.0826 e. The first-order valence-corrected chi connectivity index (χ1v) is 6.26. The van der Waals surface area contributed by atoms with Crippen molar-refractivity contribution in [2.75, 3.05) is 39.2 Å². The Balaban J connectivity index is 2.18. The third-order valence-corrected chi connectivity index (χ3v) is 3.59. The van der Waals surface area contributed by atoms with Crippen LogP contribution < -0.4 is 5.32 Å². The van der Waals surface area contributed by atoms with Crippen LogP contribution in [0.3, 0.4) is 0 Å². The van der Waals surface area contributed by atoms with E-state index in [1.165, 1.54) is 0 Å². The van der Waals surface area contributed by atoms with Crippen LogP contribution in [-0.4, -0.2) is 56.2 Å². The molecule has 0 spiro atoms. The molecule has 90 valence electrons. The summed E-state index contributed by atoms with van der Waals surface area (Å²) in [5, 5.41) is 3.49. The Morgan fingerprint density at radius 3 is 2.87 bits per heavy atom. The number of likely N-dealkylation sites (N-methyl/N-ethyl adjacent to an activating group) is 1. The summed E-state index contributed by atoms with van der Waals surface area (Å²) in [5.41, 5.74) is 0. The van der Waals surface area contributed by atoms with Crippen LogP contribution in [0.5, 0.6) is 0 Å². The smallest absolute Gasteiger partial charge is 0.0826 e. The molecular weight excluding hydrogens is 212 g/mol. The minimum atomic E-state index is 0.328. The van der Waals surface area contributed by atoms with E-state index < -0.39 is 0 Å². The van der Waals surface area contributed by atoms with Gasteiger partial charge in [-0.2, -0.15) is 0 Å². The number of rotatable bonds is 5. The molecule has 3 atom stereocenters. The van der Waals surface area contributed by atoms with Crippen LogP contribution in [0, 0.1) is 5.92 Å². The van der Waals surface area contributed by atoms with Crippen molar-refractivity contribution < 1.29 is 4.74 Å². The molecule has 0 saturated carbocycles. The number of morpholine rings is 1. The van der Waals surface area contributed by atoms with Crippen LogP contribution in [0.25, 0.3) is 0 Å². The number of ether oxygens (including phenoxy) is 1. The number of alkyl halides is 1. The maximum absolute atomic E-state index is 5.81. The van der Waals surface area contributed by atoms with Gasteiger partial charge in [0.1, 0.15) is 0 Å². The Morgan fingerprint density at radius 2 is 2.27 bits per heavy atom. The predicted molar refractivity (Wildman–Crippen MR) is 64.6 cm³/mol. The Bertz CT molecular complexity index is 180. The van der Waals surface area contributed by atoms with E-state index in [2.05, 4.69) is 31.1 Å². The van der Waals surface area contributed by atoms with E-state index >= 15 is 0 Å². The SMILES string of the molecule is CC(CCl)C(C)NCC1CN(C)CCO1. The summed E-state index contributed by atoms with van der Waals surface area (Å²) in [6.07, 6.45) is 0.328. The molecule has 1 fully saturated rings. The van der Waals surface area contributed by atoms with Crippen LogP contribution in [0.15, 0.2) is 0 Å². The summed E-state index contributed by atoms with van der Waals surface area (Å²) in [7, 11) is 2.14. The van der Waals surface area contributed by atoms with Crippen LogP contribution in [0.4, 0.5) is 0 Å². The number of hydrogen-bond donors (Lipinski definition) is 1. The molecule has 1 heterocycles. The predicted octanol–water partition coefficient (Wildman–Crippen LogP) is 1.17. The average Bonchev–Trinajstić information content (AvgIpc) is 2.25. The Hall–Kier alpha value is 0.170. The highest BCUT2D eigenvalue weighted by Gasteiger charge is 2.19. The van der Waals surface area contributed by atoms with Crippen molar-refractivity contribution >= 4 is 11.6 Å². The van der Waals surface area contributed by atoms with E-state index in [1.807, 2.05) is 0 Å². The van der Waals surface area contributed by atoms with Gasteiger partial charge in [-0.3, -0.25) is 0 Å². The Morgan fingerprint density at radius 1 is 1.53 bits per heavy atom. The molecule has 4 heteroatoms. The van der Waals surface area contributed by atoms with Gasteiger partial charge in [0.05, 0.1) is 12.7 Å². The van der Waals surface area contributed by atoms with E-state index in [0.29, 0.717) is 23.9 Å². The van der Waals surface area contributed by atoms with E-state index in [1.54, 1.807) is 0 Å². The van der Waals surface area contributed by atoms with E-state index in [9.17, 15) is 0 Å². The summed E-state index contributed by atoms with van der Waals surface area (Å²) in [6.45, 7) is 8.19. The first-order valence-electron chi connectivity index (χ1n) is 5.73. The lowest BCUT2D eigenvalue weighted by molar-refractivity contribution is -0.0195. The molecule has 0 bridgehead atoms. The van der Waals surface area contributed by atoms with Crippen molar-refractivity contribution in [1.29, 1.82) is 0 Å². The minimum absolute atomic E-state index is 0.328. The lowest BCUT2D eigenvalue weighted by Gasteiger charge is -2.31. The summed E-state index contributed by atoms with van der Waals surface area (Å²) in [6, 6.07) is 0.457. The van der Waals surface area contributed by atoms with Crippen molar-refractivity contribution in [1.82, 2.24) is 10.2 Å². The second-order valence-corrected chi connectivity index (χ2v) is 4.89. The third-order valence-electron chi connectivity index (χ3n) is 3.11. The molecule has 1 aliphatic heterocycles.